The minimum absolute atomic E-state index is 0.00561. The van der Waals surface area contributed by atoms with Gasteiger partial charge in [0.1, 0.15) is 5.82 Å². The molecule has 3 aromatic carbocycles. The standard InChI is InChI=1S/C34H39FN4O3/c1-2-29(25-8-4-3-5-9-25)34(42)39-20-18-38(19-21-39)31-17-16-28(37-32(40)26-10-6-7-11-26)22-30(31)33(41)36-23-24-12-14-27(35)15-13-24/h3-5,8-9,12-17,22,26,29H,2,6-7,10-11,18-21,23H2,1H3,(H,36,41)(H,37,40)/t29-/m1/s1. The maximum Gasteiger partial charge on any atom is 0.253 e. The first-order chi connectivity index (χ1) is 20.4. The number of carbonyl (C=O) groups is 3. The molecule has 8 heteroatoms. The summed E-state index contributed by atoms with van der Waals surface area (Å²) in [4.78, 5) is 43.8. The second kappa shape index (κ2) is 13.6. The molecule has 7 nitrogen and oxygen atoms in total. The Morgan fingerprint density at radius 1 is 0.905 bits per heavy atom. The first-order valence-electron chi connectivity index (χ1n) is 15.0. The van der Waals surface area contributed by atoms with Gasteiger partial charge in [-0.25, -0.2) is 4.39 Å². The summed E-state index contributed by atoms with van der Waals surface area (Å²) in [7, 11) is 0. The van der Waals surface area contributed by atoms with E-state index in [1.165, 1.54) is 12.1 Å². The quantitative estimate of drug-likeness (QED) is 0.345. The maximum absolute atomic E-state index is 13.5. The number of halogens is 1. The van der Waals surface area contributed by atoms with Gasteiger partial charge in [0.25, 0.3) is 5.91 Å². The highest BCUT2D eigenvalue weighted by Crippen LogP contribution is 2.30. The van der Waals surface area contributed by atoms with E-state index in [2.05, 4.69) is 15.5 Å². The van der Waals surface area contributed by atoms with Crippen LogP contribution in [0, 0.1) is 11.7 Å². The van der Waals surface area contributed by atoms with Crippen LogP contribution in [0.5, 0.6) is 0 Å². The molecular formula is C34H39FN4O3. The van der Waals surface area contributed by atoms with Crippen molar-refractivity contribution in [2.24, 2.45) is 5.92 Å². The molecule has 1 aliphatic carbocycles. The van der Waals surface area contributed by atoms with Crippen LogP contribution in [0.3, 0.4) is 0 Å². The summed E-state index contributed by atoms with van der Waals surface area (Å²) in [6.45, 7) is 4.57. The summed E-state index contributed by atoms with van der Waals surface area (Å²) in [5, 5.41) is 5.97. The Labute approximate surface area is 247 Å². The summed E-state index contributed by atoms with van der Waals surface area (Å²) in [5.41, 5.74) is 3.62. The molecule has 1 saturated carbocycles. The molecule has 2 fully saturated rings. The third kappa shape index (κ3) is 6.98. The number of hydrogen-bond donors (Lipinski definition) is 2. The molecular weight excluding hydrogens is 531 g/mol. The smallest absolute Gasteiger partial charge is 0.253 e. The molecule has 2 N–H and O–H groups in total. The Kier molecular flexibility index (Phi) is 9.52. The number of piperazine rings is 1. The van der Waals surface area contributed by atoms with E-state index in [-0.39, 0.29) is 41.9 Å². The van der Waals surface area contributed by atoms with Gasteiger partial charge < -0.3 is 20.4 Å². The number of carbonyl (C=O) groups excluding carboxylic acids is 3. The molecule has 3 aromatic rings. The SMILES string of the molecule is CC[C@@H](C(=O)N1CCN(c2ccc(NC(=O)C3CCCC3)cc2C(=O)NCc2ccc(F)cc2)CC1)c1ccccc1. The fourth-order valence-corrected chi connectivity index (χ4v) is 6.01. The molecule has 0 bridgehead atoms. The number of hydrogen-bond acceptors (Lipinski definition) is 4. The molecule has 1 atom stereocenters. The number of rotatable bonds is 9. The van der Waals surface area contributed by atoms with E-state index in [4.69, 9.17) is 0 Å². The Morgan fingerprint density at radius 3 is 2.26 bits per heavy atom. The van der Waals surface area contributed by atoms with Gasteiger partial charge in [-0.2, -0.15) is 0 Å². The highest BCUT2D eigenvalue weighted by Gasteiger charge is 2.29. The Balaban J connectivity index is 1.31. The van der Waals surface area contributed by atoms with Crippen LogP contribution in [0.15, 0.2) is 72.8 Å². The molecule has 5 rings (SSSR count). The van der Waals surface area contributed by atoms with Crippen molar-refractivity contribution in [3.05, 3.63) is 95.3 Å². The molecule has 1 saturated heterocycles. The third-order valence-electron chi connectivity index (χ3n) is 8.44. The van der Waals surface area contributed by atoms with E-state index in [1.807, 2.05) is 54.3 Å². The van der Waals surface area contributed by atoms with Gasteiger partial charge >= 0.3 is 0 Å². The van der Waals surface area contributed by atoms with Crippen LogP contribution >= 0.6 is 0 Å². The molecule has 3 amide bonds. The number of anilines is 2. The average molecular weight is 571 g/mol. The first-order valence-corrected chi connectivity index (χ1v) is 15.0. The van der Waals surface area contributed by atoms with Crippen molar-refractivity contribution in [1.29, 1.82) is 0 Å². The minimum atomic E-state index is -0.329. The zero-order valence-corrected chi connectivity index (χ0v) is 24.2. The third-order valence-corrected chi connectivity index (χ3v) is 8.44. The van der Waals surface area contributed by atoms with Gasteiger partial charge in [-0.3, -0.25) is 14.4 Å². The summed E-state index contributed by atoms with van der Waals surface area (Å²) < 4.78 is 13.3. The molecule has 2 aliphatic rings. The number of nitrogens with one attached hydrogen (secondary N) is 2. The normalized spacial score (nSPS) is 16.2. The zero-order chi connectivity index (χ0) is 29.5. The highest BCUT2D eigenvalue weighted by atomic mass is 19.1. The largest absolute Gasteiger partial charge is 0.367 e. The number of amides is 3. The fraction of sp³-hybridized carbons (Fsp3) is 0.382. The number of nitrogens with zero attached hydrogens (tertiary/aromatic N) is 2. The van der Waals surface area contributed by atoms with E-state index < -0.39 is 0 Å². The number of benzene rings is 3. The van der Waals surface area contributed by atoms with Crippen molar-refractivity contribution < 1.29 is 18.8 Å². The van der Waals surface area contributed by atoms with Crippen molar-refractivity contribution in [2.75, 3.05) is 36.4 Å². The van der Waals surface area contributed by atoms with Crippen molar-refractivity contribution in [3.8, 4) is 0 Å². The topological polar surface area (TPSA) is 81.8 Å². The van der Waals surface area contributed by atoms with Gasteiger partial charge in [0.05, 0.1) is 11.5 Å². The van der Waals surface area contributed by atoms with Gasteiger partial charge in [0, 0.05) is 50.0 Å². The lowest BCUT2D eigenvalue weighted by Crippen LogP contribution is -2.50. The summed E-state index contributed by atoms with van der Waals surface area (Å²) >= 11 is 0. The first kappa shape index (κ1) is 29.3. The van der Waals surface area contributed by atoms with Crippen LogP contribution in [0.2, 0.25) is 0 Å². The Morgan fingerprint density at radius 2 is 1.60 bits per heavy atom. The van der Waals surface area contributed by atoms with Crippen LogP contribution in [0.1, 0.15) is 66.4 Å². The summed E-state index contributed by atoms with van der Waals surface area (Å²) in [5.74, 6) is -0.647. The van der Waals surface area contributed by atoms with Gasteiger partial charge in [-0.15, -0.1) is 0 Å². The van der Waals surface area contributed by atoms with Gasteiger partial charge in [-0.05, 0) is 60.7 Å². The molecule has 220 valence electrons. The summed E-state index contributed by atoms with van der Waals surface area (Å²) in [6, 6.07) is 21.4. The van der Waals surface area contributed by atoms with Gasteiger partial charge in [0.15, 0.2) is 0 Å². The van der Waals surface area contributed by atoms with Crippen molar-refractivity contribution in [1.82, 2.24) is 10.2 Å². The molecule has 0 unspecified atom stereocenters. The van der Waals surface area contributed by atoms with Crippen LogP contribution < -0.4 is 15.5 Å². The molecule has 0 aromatic heterocycles. The van der Waals surface area contributed by atoms with Crippen LogP contribution in [-0.2, 0) is 16.1 Å². The zero-order valence-electron chi connectivity index (χ0n) is 24.2. The average Bonchev–Trinajstić information content (AvgIpc) is 3.57. The Hall–Kier alpha value is -4.20. The molecule has 1 heterocycles. The fourth-order valence-electron chi connectivity index (χ4n) is 6.01. The van der Waals surface area contributed by atoms with E-state index >= 15 is 0 Å². The van der Waals surface area contributed by atoms with Crippen molar-refractivity contribution in [2.45, 2.75) is 51.5 Å². The van der Waals surface area contributed by atoms with Crippen LogP contribution in [0.4, 0.5) is 15.8 Å². The van der Waals surface area contributed by atoms with Gasteiger partial charge in [-0.1, -0.05) is 62.2 Å². The second-order valence-electron chi connectivity index (χ2n) is 11.2. The van der Waals surface area contributed by atoms with E-state index in [0.29, 0.717) is 37.4 Å². The lowest BCUT2D eigenvalue weighted by Gasteiger charge is -2.38. The molecule has 1 aliphatic heterocycles. The molecule has 0 radical (unpaired) electrons. The molecule has 0 spiro atoms. The molecule has 42 heavy (non-hydrogen) atoms. The lowest BCUT2D eigenvalue weighted by atomic mass is 9.94. The maximum atomic E-state index is 13.5. The monoisotopic (exact) mass is 570 g/mol. The minimum Gasteiger partial charge on any atom is -0.367 e. The second-order valence-corrected chi connectivity index (χ2v) is 11.2. The predicted molar refractivity (Wildman–Crippen MR) is 163 cm³/mol. The Bertz CT molecular complexity index is 1380. The van der Waals surface area contributed by atoms with Crippen molar-refractivity contribution in [3.63, 3.8) is 0 Å². The summed E-state index contributed by atoms with van der Waals surface area (Å²) in [6.07, 6.45) is 4.64. The van der Waals surface area contributed by atoms with Crippen molar-refractivity contribution >= 4 is 29.1 Å². The predicted octanol–water partition coefficient (Wildman–Crippen LogP) is 5.73. The van der Waals surface area contributed by atoms with E-state index in [0.717, 1.165) is 48.9 Å². The lowest BCUT2D eigenvalue weighted by molar-refractivity contribution is -0.133. The van der Waals surface area contributed by atoms with Gasteiger partial charge in [0.2, 0.25) is 11.8 Å². The van der Waals surface area contributed by atoms with E-state index in [9.17, 15) is 18.8 Å². The van der Waals surface area contributed by atoms with Crippen LogP contribution in [-0.4, -0.2) is 48.8 Å². The van der Waals surface area contributed by atoms with E-state index in [1.54, 1.807) is 18.2 Å². The highest BCUT2D eigenvalue weighted by molar-refractivity contribution is 6.02. The van der Waals surface area contributed by atoms with Crippen LogP contribution in [0.25, 0.3) is 0 Å².